The molecule has 0 aromatic heterocycles. The van der Waals surface area contributed by atoms with Crippen LogP contribution in [0.15, 0.2) is 30.3 Å². The van der Waals surface area contributed by atoms with Crippen molar-refractivity contribution in [2.45, 2.75) is 116 Å². The highest BCUT2D eigenvalue weighted by atomic mass is 31.2. The van der Waals surface area contributed by atoms with Gasteiger partial charge < -0.3 is 19.4 Å². The Hall–Kier alpha value is -1.44. The maximum Gasteiger partial charge on any atom is 0.472 e. The Balaban J connectivity index is 2.33. The zero-order chi connectivity index (χ0) is 29.5. The number of amides is 1. The first-order valence-electron chi connectivity index (χ1n) is 15.5. The van der Waals surface area contributed by atoms with Gasteiger partial charge in [-0.2, -0.15) is 0 Å². The number of phosphoric acid groups is 1. The van der Waals surface area contributed by atoms with E-state index in [0.29, 0.717) is 24.0 Å². The Labute approximate surface area is 244 Å². The van der Waals surface area contributed by atoms with Gasteiger partial charge in [-0.1, -0.05) is 127 Å². The number of ether oxygens (including phenoxy) is 1. The monoisotopic (exact) mass is 585 g/mol. The van der Waals surface area contributed by atoms with E-state index >= 15 is 0 Å². The zero-order valence-electron chi connectivity index (χ0n) is 25.8. The molecule has 232 valence electrons. The molecule has 2 atom stereocenters. The standard InChI is InChI=1S/C31H57N2O6P/c1-5-6-7-8-9-10-11-12-13-14-15-16-17-21-24-30(39-40(35,36)38-26-25-33(2,3)4)28-37-31(34)32-27-29-22-19-18-20-23-29/h18-20,22-23,30H,5-17,21,24-28H2,1-4H3,(H-,32,34,35,36)/p+1. The quantitative estimate of drug-likeness (QED) is 0.0686. The smallest absolute Gasteiger partial charge is 0.447 e. The lowest BCUT2D eigenvalue weighted by Gasteiger charge is -2.25. The van der Waals surface area contributed by atoms with Crippen LogP contribution in [0.2, 0.25) is 0 Å². The number of alkyl carbamates (subject to hydrolysis) is 1. The summed E-state index contributed by atoms with van der Waals surface area (Å²) < 4.78 is 29.1. The second kappa shape index (κ2) is 22.2. The highest BCUT2D eigenvalue weighted by Gasteiger charge is 2.28. The zero-order valence-corrected chi connectivity index (χ0v) is 26.7. The summed E-state index contributed by atoms with van der Waals surface area (Å²) >= 11 is 0. The van der Waals surface area contributed by atoms with Crippen LogP contribution in [0.25, 0.3) is 0 Å². The van der Waals surface area contributed by atoms with E-state index in [9.17, 15) is 14.3 Å². The van der Waals surface area contributed by atoms with Crippen molar-refractivity contribution in [3.8, 4) is 0 Å². The van der Waals surface area contributed by atoms with Crippen molar-refractivity contribution in [2.75, 3.05) is 40.9 Å². The van der Waals surface area contributed by atoms with E-state index < -0.39 is 20.0 Å². The predicted octanol–water partition coefficient (Wildman–Crippen LogP) is 7.99. The number of likely N-dealkylation sites (N-methyl/N-ethyl adjacent to an activating group) is 1. The average molecular weight is 586 g/mol. The maximum atomic E-state index is 12.6. The minimum atomic E-state index is -4.27. The second-order valence-corrected chi connectivity index (χ2v) is 13.3. The fourth-order valence-corrected chi connectivity index (χ4v) is 5.29. The number of hydrogen-bond acceptors (Lipinski definition) is 5. The highest BCUT2D eigenvalue weighted by Crippen LogP contribution is 2.45. The van der Waals surface area contributed by atoms with Crippen LogP contribution in [-0.2, 0) is 24.9 Å². The number of carbonyl (C=O) groups excluding carboxylic acids is 1. The van der Waals surface area contributed by atoms with Gasteiger partial charge in [-0.05, 0) is 12.0 Å². The van der Waals surface area contributed by atoms with E-state index in [1.165, 1.54) is 70.6 Å². The van der Waals surface area contributed by atoms with Crippen molar-refractivity contribution < 1.29 is 32.5 Å². The van der Waals surface area contributed by atoms with Crippen LogP contribution in [0.3, 0.4) is 0 Å². The molecule has 9 heteroatoms. The first-order chi connectivity index (χ1) is 19.1. The number of nitrogens with one attached hydrogen (secondary N) is 1. The van der Waals surface area contributed by atoms with Crippen molar-refractivity contribution in [3.05, 3.63) is 35.9 Å². The first kappa shape index (κ1) is 36.6. The number of quaternary nitrogens is 1. The minimum absolute atomic E-state index is 0.0985. The molecule has 0 radical (unpaired) electrons. The van der Waals surface area contributed by atoms with Crippen molar-refractivity contribution in [1.29, 1.82) is 0 Å². The van der Waals surface area contributed by atoms with E-state index in [-0.39, 0.29) is 13.2 Å². The van der Waals surface area contributed by atoms with Gasteiger partial charge in [0.15, 0.2) is 0 Å². The molecule has 2 N–H and O–H groups in total. The Kier molecular flexibility index (Phi) is 20.3. The van der Waals surface area contributed by atoms with Crippen molar-refractivity contribution in [1.82, 2.24) is 5.32 Å². The minimum Gasteiger partial charge on any atom is -0.447 e. The molecule has 0 fully saturated rings. The summed E-state index contributed by atoms with van der Waals surface area (Å²) in [5.41, 5.74) is 0.958. The van der Waals surface area contributed by atoms with Crippen LogP contribution in [0.4, 0.5) is 4.79 Å². The molecule has 1 amide bonds. The molecular weight excluding hydrogens is 527 g/mol. The van der Waals surface area contributed by atoms with Gasteiger partial charge in [0, 0.05) is 6.54 Å². The predicted molar refractivity (Wildman–Crippen MR) is 163 cm³/mol. The molecule has 2 unspecified atom stereocenters. The number of unbranched alkanes of at least 4 members (excludes halogenated alkanes) is 13. The molecular formula is C31H58N2O6P+. The summed E-state index contributed by atoms with van der Waals surface area (Å²) in [4.78, 5) is 22.5. The molecule has 0 heterocycles. The molecule has 40 heavy (non-hydrogen) atoms. The largest absolute Gasteiger partial charge is 0.472 e. The van der Waals surface area contributed by atoms with Gasteiger partial charge in [-0.25, -0.2) is 9.36 Å². The summed E-state index contributed by atoms with van der Waals surface area (Å²) in [5.74, 6) is 0. The molecule has 0 aliphatic rings. The van der Waals surface area contributed by atoms with Gasteiger partial charge in [-0.15, -0.1) is 0 Å². The lowest BCUT2D eigenvalue weighted by molar-refractivity contribution is -0.870. The van der Waals surface area contributed by atoms with Crippen LogP contribution in [0, 0.1) is 0 Å². The first-order valence-corrected chi connectivity index (χ1v) is 17.0. The molecule has 8 nitrogen and oxygen atoms in total. The number of phosphoric ester groups is 1. The Morgan fingerprint density at radius 2 is 1.40 bits per heavy atom. The van der Waals surface area contributed by atoms with Crippen LogP contribution < -0.4 is 5.32 Å². The Morgan fingerprint density at radius 1 is 0.875 bits per heavy atom. The average Bonchev–Trinajstić information content (AvgIpc) is 2.90. The summed E-state index contributed by atoms with van der Waals surface area (Å²) in [7, 11) is 1.67. The topological polar surface area (TPSA) is 94.1 Å². The van der Waals surface area contributed by atoms with Crippen molar-refractivity contribution in [2.24, 2.45) is 0 Å². The number of nitrogens with zero attached hydrogens (tertiary/aromatic N) is 1. The maximum absolute atomic E-state index is 12.6. The second-order valence-electron chi connectivity index (χ2n) is 11.9. The number of rotatable bonds is 25. The molecule has 0 spiro atoms. The van der Waals surface area contributed by atoms with Crippen LogP contribution in [0.1, 0.15) is 109 Å². The fourth-order valence-electron chi connectivity index (χ4n) is 4.37. The number of hydrogen-bond donors (Lipinski definition) is 2. The van der Waals surface area contributed by atoms with Crippen molar-refractivity contribution >= 4 is 13.9 Å². The van der Waals surface area contributed by atoms with Gasteiger partial charge >= 0.3 is 13.9 Å². The van der Waals surface area contributed by atoms with Crippen LogP contribution >= 0.6 is 7.82 Å². The summed E-state index contributed by atoms with van der Waals surface area (Å²) in [6.45, 7) is 3.16. The van der Waals surface area contributed by atoms with E-state index in [1.807, 2.05) is 51.5 Å². The van der Waals surface area contributed by atoms with E-state index in [1.54, 1.807) is 0 Å². The summed E-state index contributed by atoms with van der Waals surface area (Å²) in [6, 6.07) is 9.55. The SMILES string of the molecule is CCCCCCCCCCCCCCCCC(COC(=O)NCc1ccccc1)OP(=O)(O)OCC[N+](C)(C)C. The third-order valence-electron chi connectivity index (χ3n) is 6.86. The molecule has 0 saturated carbocycles. The summed E-state index contributed by atoms with van der Waals surface area (Å²) in [6.07, 6.45) is 16.8. The summed E-state index contributed by atoms with van der Waals surface area (Å²) in [5, 5.41) is 2.71. The molecule has 1 aromatic carbocycles. The number of carbonyl (C=O) groups is 1. The Morgan fingerprint density at radius 3 is 1.93 bits per heavy atom. The third-order valence-corrected chi connectivity index (χ3v) is 7.93. The third kappa shape index (κ3) is 22.3. The molecule has 0 aliphatic carbocycles. The van der Waals surface area contributed by atoms with E-state index in [0.717, 1.165) is 24.8 Å². The van der Waals surface area contributed by atoms with Gasteiger partial charge in [0.1, 0.15) is 25.9 Å². The molecule has 0 saturated heterocycles. The highest BCUT2D eigenvalue weighted by molar-refractivity contribution is 7.47. The Bertz CT molecular complexity index is 803. The van der Waals surface area contributed by atoms with Gasteiger partial charge in [0.2, 0.25) is 0 Å². The fraction of sp³-hybridized carbons (Fsp3) is 0.774. The lowest BCUT2D eigenvalue weighted by Crippen LogP contribution is -2.37. The molecule has 0 aliphatic heterocycles. The van der Waals surface area contributed by atoms with Gasteiger partial charge in [0.05, 0.1) is 21.1 Å². The van der Waals surface area contributed by atoms with Gasteiger partial charge in [0.25, 0.3) is 0 Å². The van der Waals surface area contributed by atoms with Crippen LogP contribution in [-0.4, -0.2) is 62.5 Å². The van der Waals surface area contributed by atoms with E-state index in [2.05, 4.69) is 12.2 Å². The molecule has 0 bridgehead atoms. The normalized spacial score (nSPS) is 14.0. The van der Waals surface area contributed by atoms with Crippen LogP contribution in [0.5, 0.6) is 0 Å². The number of benzene rings is 1. The van der Waals surface area contributed by atoms with Crippen molar-refractivity contribution in [3.63, 3.8) is 0 Å². The lowest BCUT2D eigenvalue weighted by atomic mass is 10.0. The van der Waals surface area contributed by atoms with Gasteiger partial charge in [-0.3, -0.25) is 9.05 Å². The van der Waals surface area contributed by atoms with E-state index in [4.69, 9.17) is 13.8 Å². The molecule has 1 aromatic rings. The molecule has 1 rings (SSSR count).